The molecule has 0 bridgehead atoms. The molecule has 27 heavy (non-hydrogen) atoms. The van der Waals surface area contributed by atoms with E-state index in [1.807, 2.05) is 52.0 Å². The first-order valence-corrected chi connectivity index (χ1v) is 10.6. The number of rotatable bonds is 3. The highest BCUT2D eigenvalue weighted by Crippen LogP contribution is 2.21. The highest BCUT2D eigenvalue weighted by atomic mass is 32.2. The number of piperazine rings is 1. The largest absolute Gasteiger partial charge is 0.336 e. The average Bonchev–Trinajstić information content (AvgIpc) is 2.65. The number of hydrogen-bond donors (Lipinski definition) is 0. The Morgan fingerprint density at radius 2 is 1.33 bits per heavy atom. The van der Waals surface area contributed by atoms with E-state index in [1.165, 1.54) is 4.31 Å². The maximum Gasteiger partial charge on any atom is 0.253 e. The number of amides is 1. The summed E-state index contributed by atoms with van der Waals surface area (Å²) in [5, 5.41) is 0. The van der Waals surface area contributed by atoms with Crippen molar-refractivity contribution in [3.63, 3.8) is 0 Å². The van der Waals surface area contributed by atoms with Gasteiger partial charge in [-0.3, -0.25) is 4.79 Å². The van der Waals surface area contributed by atoms with Crippen molar-refractivity contribution in [1.82, 2.24) is 9.21 Å². The summed E-state index contributed by atoms with van der Waals surface area (Å²) in [6.07, 6.45) is 0. The summed E-state index contributed by atoms with van der Waals surface area (Å²) in [6.45, 7) is 9.29. The molecule has 3 rings (SSSR count). The Balaban J connectivity index is 1.71. The molecule has 1 heterocycles. The number of sulfonamides is 1. The van der Waals surface area contributed by atoms with Gasteiger partial charge in [-0.2, -0.15) is 4.31 Å². The van der Waals surface area contributed by atoms with E-state index in [1.54, 1.807) is 17.0 Å². The lowest BCUT2D eigenvalue weighted by molar-refractivity contribution is 0.0698. The second-order valence-corrected chi connectivity index (χ2v) is 9.18. The molecule has 0 aromatic heterocycles. The number of nitrogens with zero attached hydrogens (tertiary/aromatic N) is 2. The Morgan fingerprint density at radius 1 is 0.778 bits per heavy atom. The number of benzene rings is 2. The van der Waals surface area contributed by atoms with Crippen LogP contribution in [-0.4, -0.2) is 49.7 Å². The molecule has 0 atom stereocenters. The normalized spacial score (nSPS) is 15.8. The lowest BCUT2D eigenvalue weighted by Crippen LogP contribution is -2.50. The van der Waals surface area contributed by atoms with E-state index in [0.29, 0.717) is 36.6 Å². The zero-order chi connectivity index (χ0) is 19.8. The van der Waals surface area contributed by atoms with Gasteiger partial charge in [-0.15, -0.1) is 0 Å². The number of aryl methyl sites for hydroxylation is 4. The fourth-order valence-corrected chi connectivity index (χ4v) is 4.72. The van der Waals surface area contributed by atoms with Crippen LogP contribution in [0.4, 0.5) is 0 Å². The van der Waals surface area contributed by atoms with Gasteiger partial charge in [0.2, 0.25) is 10.0 Å². The fourth-order valence-electron chi connectivity index (χ4n) is 3.21. The molecular weight excluding hydrogens is 360 g/mol. The van der Waals surface area contributed by atoms with Crippen LogP contribution in [0.1, 0.15) is 32.6 Å². The Bertz CT molecular complexity index is 975. The van der Waals surface area contributed by atoms with Crippen LogP contribution in [0.15, 0.2) is 41.3 Å². The van der Waals surface area contributed by atoms with Crippen molar-refractivity contribution in [3.8, 4) is 0 Å². The van der Waals surface area contributed by atoms with Gasteiger partial charge in [0.25, 0.3) is 5.91 Å². The van der Waals surface area contributed by atoms with Crippen LogP contribution in [-0.2, 0) is 10.0 Å². The Kier molecular flexibility index (Phi) is 5.40. The van der Waals surface area contributed by atoms with Gasteiger partial charge in [0.1, 0.15) is 0 Å². The maximum atomic E-state index is 12.9. The predicted molar refractivity (Wildman–Crippen MR) is 106 cm³/mol. The molecule has 144 valence electrons. The quantitative estimate of drug-likeness (QED) is 0.815. The zero-order valence-electron chi connectivity index (χ0n) is 16.3. The standard InChI is InChI=1S/C21H26N2O3S/c1-15-5-7-19(13-17(15)3)21(24)22-9-11-23(12-10-22)27(25,26)20-8-6-16(2)18(4)14-20/h5-8,13-14H,9-12H2,1-4H3. The fraction of sp³-hybridized carbons (Fsp3) is 0.381. The van der Waals surface area contributed by atoms with E-state index < -0.39 is 10.0 Å². The van der Waals surface area contributed by atoms with Gasteiger partial charge in [0.15, 0.2) is 0 Å². The molecule has 0 aliphatic carbocycles. The smallest absolute Gasteiger partial charge is 0.253 e. The zero-order valence-corrected chi connectivity index (χ0v) is 17.1. The first-order chi connectivity index (χ1) is 12.7. The first kappa shape index (κ1) is 19.6. The molecule has 1 saturated heterocycles. The molecule has 0 unspecified atom stereocenters. The molecule has 1 amide bonds. The van der Waals surface area contributed by atoms with Gasteiger partial charge in [-0.05, 0) is 74.2 Å². The van der Waals surface area contributed by atoms with Crippen molar-refractivity contribution < 1.29 is 13.2 Å². The lowest BCUT2D eigenvalue weighted by Gasteiger charge is -2.34. The van der Waals surface area contributed by atoms with Crippen LogP contribution in [0, 0.1) is 27.7 Å². The molecule has 5 nitrogen and oxygen atoms in total. The summed E-state index contributed by atoms with van der Waals surface area (Å²) in [5.74, 6) is -0.0404. The summed E-state index contributed by atoms with van der Waals surface area (Å²) in [4.78, 5) is 14.8. The first-order valence-electron chi connectivity index (χ1n) is 9.14. The number of carbonyl (C=O) groups excluding carboxylic acids is 1. The monoisotopic (exact) mass is 386 g/mol. The number of carbonyl (C=O) groups is 1. The van der Waals surface area contributed by atoms with Crippen LogP contribution in [0.5, 0.6) is 0 Å². The summed E-state index contributed by atoms with van der Waals surface area (Å²) in [5.41, 5.74) is 4.91. The van der Waals surface area contributed by atoms with Crippen LogP contribution < -0.4 is 0 Å². The van der Waals surface area contributed by atoms with Crippen molar-refractivity contribution in [2.24, 2.45) is 0 Å². The minimum atomic E-state index is -3.53. The molecule has 0 spiro atoms. The van der Waals surface area contributed by atoms with E-state index >= 15 is 0 Å². The van der Waals surface area contributed by atoms with Gasteiger partial charge in [0.05, 0.1) is 4.90 Å². The van der Waals surface area contributed by atoms with Crippen LogP contribution in [0.2, 0.25) is 0 Å². The molecule has 0 saturated carbocycles. The van der Waals surface area contributed by atoms with E-state index in [4.69, 9.17) is 0 Å². The van der Waals surface area contributed by atoms with Crippen molar-refractivity contribution >= 4 is 15.9 Å². The minimum absolute atomic E-state index is 0.0404. The third-order valence-corrected chi connectivity index (χ3v) is 7.29. The molecule has 1 aliphatic rings. The third-order valence-electron chi connectivity index (χ3n) is 5.40. The van der Waals surface area contributed by atoms with E-state index in [-0.39, 0.29) is 5.91 Å². The van der Waals surface area contributed by atoms with Gasteiger partial charge in [-0.25, -0.2) is 8.42 Å². The number of hydrogen-bond acceptors (Lipinski definition) is 3. The van der Waals surface area contributed by atoms with Crippen LogP contribution in [0.25, 0.3) is 0 Å². The summed E-state index contributed by atoms with van der Waals surface area (Å²) in [7, 11) is -3.53. The molecule has 0 N–H and O–H groups in total. The van der Waals surface area contributed by atoms with Gasteiger partial charge >= 0.3 is 0 Å². The summed E-state index contributed by atoms with van der Waals surface area (Å²) < 4.78 is 27.3. The highest BCUT2D eigenvalue weighted by molar-refractivity contribution is 7.89. The van der Waals surface area contributed by atoms with E-state index in [0.717, 1.165) is 22.3 Å². The molecule has 1 aliphatic heterocycles. The molecular formula is C21H26N2O3S. The van der Waals surface area contributed by atoms with Gasteiger partial charge in [-0.1, -0.05) is 12.1 Å². The molecule has 2 aromatic rings. The van der Waals surface area contributed by atoms with Crippen molar-refractivity contribution in [2.45, 2.75) is 32.6 Å². The predicted octanol–water partition coefficient (Wildman–Crippen LogP) is 3.07. The molecule has 2 aromatic carbocycles. The van der Waals surface area contributed by atoms with Crippen LogP contribution in [0.3, 0.4) is 0 Å². The second-order valence-electron chi connectivity index (χ2n) is 7.24. The second kappa shape index (κ2) is 7.44. The lowest BCUT2D eigenvalue weighted by atomic mass is 10.1. The summed E-state index contributed by atoms with van der Waals surface area (Å²) in [6, 6.07) is 10.9. The van der Waals surface area contributed by atoms with Gasteiger partial charge in [0, 0.05) is 31.7 Å². The SMILES string of the molecule is Cc1ccc(C(=O)N2CCN(S(=O)(=O)c3ccc(C)c(C)c3)CC2)cc1C. The average molecular weight is 387 g/mol. The highest BCUT2D eigenvalue weighted by Gasteiger charge is 2.30. The van der Waals surface area contributed by atoms with Gasteiger partial charge < -0.3 is 4.90 Å². The Labute approximate surface area is 161 Å². The maximum absolute atomic E-state index is 12.9. The Morgan fingerprint density at radius 3 is 1.89 bits per heavy atom. The summed E-state index contributed by atoms with van der Waals surface area (Å²) >= 11 is 0. The van der Waals surface area contributed by atoms with E-state index in [9.17, 15) is 13.2 Å². The molecule has 1 fully saturated rings. The minimum Gasteiger partial charge on any atom is -0.336 e. The van der Waals surface area contributed by atoms with Crippen molar-refractivity contribution in [3.05, 3.63) is 64.2 Å². The Hall–Kier alpha value is -2.18. The van der Waals surface area contributed by atoms with Crippen molar-refractivity contribution in [1.29, 1.82) is 0 Å². The van der Waals surface area contributed by atoms with Crippen LogP contribution >= 0.6 is 0 Å². The molecule has 0 radical (unpaired) electrons. The van der Waals surface area contributed by atoms with Crippen molar-refractivity contribution in [2.75, 3.05) is 26.2 Å². The molecule has 6 heteroatoms. The third kappa shape index (κ3) is 3.92. The topological polar surface area (TPSA) is 57.7 Å². The van der Waals surface area contributed by atoms with E-state index in [2.05, 4.69) is 0 Å².